The van der Waals surface area contributed by atoms with Crippen LogP contribution >= 0.6 is 0 Å². The Bertz CT molecular complexity index is 1360. The van der Waals surface area contributed by atoms with E-state index in [1.54, 1.807) is 26.8 Å². The van der Waals surface area contributed by atoms with Crippen LogP contribution in [0.3, 0.4) is 0 Å². The Morgan fingerprint density at radius 1 is 1.07 bits per heavy atom. The minimum atomic E-state index is -4.91. The maximum atomic E-state index is 14.3. The number of carbonyl (C=O) groups is 1. The lowest BCUT2D eigenvalue weighted by atomic mass is 9.89. The van der Waals surface area contributed by atoms with E-state index in [9.17, 15) is 26.4 Å². The predicted octanol–water partition coefficient (Wildman–Crippen LogP) is 6.44. The molecule has 1 aromatic heterocycles. The van der Waals surface area contributed by atoms with Crippen molar-refractivity contribution in [3.8, 4) is 11.3 Å². The summed E-state index contributed by atoms with van der Waals surface area (Å²) in [6, 6.07) is 4.96. The lowest BCUT2D eigenvalue weighted by Crippen LogP contribution is -2.49. The summed E-state index contributed by atoms with van der Waals surface area (Å²) in [5.41, 5.74) is -0.879. The van der Waals surface area contributed by atoms with Crippen LogP contribution in [-0.2, 0) is 27.5 Å². The highest BCUT2D eigenvalue weighted by atomic mass is 32.2. The number of carbonyl (C=O) groups excluding carboxylic acids is 1. The van der Waals surface area contributed by atoms with Gasteiger partial charge in [-0.3, -0.25) is 4.79 Å². The summed E-state index contributed by atoms with van der Waals surface area (Å²) in [6.45, 7) is 10.2. The molecule has 0 unspecified atom stereocenters. The summed E-state index contributed by atoms with van der Waals surface area (Å²) in [7, 11) is -4.45. The van der Waals surface area contributed by atoms with Crippen molar-refractivity contribution in [2.24, 2.45) is 5.92 Å². The normalized spacial score (nSPS) is 18.8. The molecule has 2 aliphatic rings. The van der Waals surface area contributed by atoms with Gasteiger partial charge in [0.2, 0.25) is 10.0 Å². The number of sulfonamides is 1. The first kappa shape index (κ1) is 31.6. The lowest BCUT2D eigenvalue weighted by Gasteiger charge is -2.34. The van der Waals surface area contributed by atoms with E-state index in [4.69, 9.17) is 4.74 Å². The van der Waals surface area contributed by atoms with Gasteiger partial charge < -0.3 is 14.6 Å². The number of nitrogens with zero attached hydrogens (tertiary/aromatic N) is 1. The van der Waals surface area contributed by atoms with Crippen LogP contribution in [0.2, 0.25) is 0 Å². The third kappa shape index (κ3) is 7.53. The fourth-order valence-electron chi connectivity index (χ4n) is 5.87. The van der Waals surface area contributed by atoms with E-state index in [1.165, 1.54) is 6.07 Å². The number of hydrogen-bond donors (Lipinski definition) is 2. The Labute approximate surface area is 241 Å². The van der Waals surface area contributed by atoms with Crippen LogP contribution in [0.15, 0.2) is 29.2 Å². The molecule has 1 aliphatic heterocycles. The van der Waals surface area contributed by atoms with Crippen molar-refractivity contribution >= 4 is 15.9 Å². The molecule has 1 aliphatic carbocycles. The second kappa shape index (κ2) is 11.7. The molecular formula is C30H42F3N3O4S. The van der Waals surface area contributed by atoms with Crippen LogP contribution in [0, 0.1) is 12.8 Å². The van der Waals surface area contributed by atoms with Gasteiger partial charge in [0.25, 0.3) is 5.91 Å². The van der Waals surface area contributed by atoms with Crippen LogP contribution in [-0.4, -0.2) is 43.2 Å². The van der Waals surface area contributed by atoms with Crippen LogP contribution in [0.5, 0.6) is 0 Å². The molecule has 11 heteroatoms. The molecule has 2 fully saturated rings. The van der Waals surface area contributed by atoms with Crippen molar-refractivity contribution in [2.45, 2.75) is 108 Å². The second-order valence-corrected chi connectivity index (χ2v) is 14.5. The van der Waals surface area contributed by atoms with E-state index >= 15 is 0 Å². The van der Waals surface area contributed by atoms with Gasteiger partial charge in [0.15, 0.2) is 0 Å². The maximum absolute atomic E-state index is 14.3. The maximum Gasteiger partial charge on any atom is 0.417 e. The zero-order valence-corrected chi connectivity index (χ0v) is 25.4. The number of nitrogens with one attached hydrogen (secondary N) is 2. The summed E-state index contributed by atoms with van der Waals surface area (Å²) in [4.78, 5) is 12.7. The molecule has 228 valence electrons. The number of aromatic nitrogens is 1. The van der Waals surface area contributed by atoms with Gasteiger partial charge in [0, 0.05) is 42.2 Å². The number of rotatable bonds is 7. The van der Waals surface area contributed by atoms with Gasteiger partial charge in [0.1, 0.15) is 0 Å². The monoisotopic (exact) mass is 597 g/mol. The zero-order valence-electron chi connectivity index (χ0n) is 24.6. The SMILES string of the molecule is Cc1c(C(=O)NC2(C)CCOCC2)cc(-c2ccc(S(=O)(=O)NC(C)(C)C)c(C(F)(F)F)c2)n1CC1CCCCC1. The third-order valence-electron chi connectivity index (χ3n) is 8.10. The Morgan fingerprint density at radius 3 is 2.29 bits per heavy atom. The number of hydrogen-bond acceptors (Lipinski definition) is 4. The molecule has 0 spiro atoms. The van der Waals surface area contributed by atoms with E-state index in [1.807, 2.05) is 18.4 Å². The first-order valence-corrected chi connectivity index (χ1v) is 15.8. The summed E-state index contributed by atoms with van der Waals surface area (Å²) >= 11 is 0. The number of amides is 1. The molecule has 1 saturated heterocycles. The fraction of sp³-hybridized carbons (Fsp3) is 0.633. The lowest BCUT2D eigenvalue weighted by molar-refractivity contribution is -0.139. The van der Waals surface area contributed by atoms with Crippen LogP contribution in [0.4, 0.5) is 13.2 Å². The van der Waals surface area contributed by atoms with E-state index in [2.05, 4.69) is 10.0 Å². The van der Waals surface area contributed by atoms with Crippen molar-refractivity contribution in [2.75, 3.05) is 13.2 Å². The summed E-state index contributed by atoms with van der Waals surface area (Å²) < 4.78 is 78.6. The van der Waals surface area contributed by atoms with Crippen molar-refractivity contribution < 1.29 is 31.1 Å². The molecule has 0 bridgehead atoms. The molecule has 0 radical (unpaired) electrons. The van der Waals surface area contributed by atoms with Gasteiger partial charge in [-0.2, -0.15) is 13.2 Å². The summed E-state index contributed by atoms with van der Waals surface area (Å²) in [6.07, 6.45) is 1.81. The quantitative estimate of drug-likeness (QED) is 0.385. The van der Waals surface area contributed by atoms with E-state index < -0.39 is 37.7 Å². The molecule has 7 nitrogen and oxygen atoms in total. The van der Waals surface area contributed by atoms with Crippen molar-refractivity contribution in [3.05, 3.63) is 41.1 Å². The molecule has 41 heavy (non-hydrogen) atoms. The van der Waals surface area contributed by atoms with Crippen molar-refractivity contribution in [3.63, 3.8) is 0 Å². The van der Waals surface area contributed by atoms with Crippen molar-refractivity contribution in [1.29, 1.82) is 0 Å². The highest BCUT2D eigenvalue weighted by Gasteiger charge is 2.39. The molecule has 2 heterocycles. The minimum Gasteiger partial charge on any atom is -0.381 e. The highest BCUT2D eigenvalue weighted by molar-refractivity contribution is 7.89. The molecule has 2 aromatic rings. The average Bonchev–Trinajstić information content (AvgIpc) is 3.18. The topological polar surface area (TPSA) is 89.4 Å². The number of benzene rings is 1. The van der Waals surface area contributed by atoms with E-state index in [0.717, 1.165) is 44.2 Å². The first-order chi connectivity index (χ1) is 19.0. The van der Waals surface area contributed by atoms with Gasteiger partial charge in [-0.1, -0.05) is 25.3 Å². The molecule has 1 amide bonds. The largest absolute Gasteiger partial charge is 0.417 e. The molecular weight excluding hydrogens is 555 g/mol. The Morgan fingerprint density at radius 2 is 1.71 bits per heavy atom. The van der Waals surface area contributed by atoms with Crippen LogP contribution < -0.4 is 10.0 Å². The van der Waals surface area contributed by atoms with Crippen molar-refractivity contribution in [1.82, 2.24) is 14.6 Å². The standard InChI is InChI=1S/C30H42F3N3O4S/c1-20-23(27(37)34-29(5)13-15-40-16-14-29)18-25(36(20)19-21-9-7-6-8-10-21)22-11-12-26(24(17-22)30(31,32)33)41(38,39)35-28(2,3)4/h11-12,17-18,21,35H,6-10,13-16,19H2,1-5H3,(H,34,37). The van der Waals surface area contributed by atoms with Gasteiger partial charge in [-0.15, -0.1) is 0 Å². The molecule has 4 rings (SSSR count). The van der Waals surface area contributed by atoms with Gasteiger partial charge >= 0.3 is 6.18 Å². The Kier molecular flexibility index (Phi) is 9.02. The average molecular weight is 598 g/mol. The predicted molar refractivity (Wildman–Crippen MR) is 152 cm³/mol. The molecule has 1 aromatic carbocycles. The van der Waals surface area contributed by atoms with Crippen LogP contribution in [0.25, 0.3) is 11.3 Å². The second-order valence-electron chi connectivity index (χ2n) is 12.8. The number of halogens is 3. The molecule has 2 N–H and O–H groups in total. The molecule has 0 atom stereocenters. The number of alkyl halides is 3. The van der Waals surface area contributed by atoms with Gasteiger partial charge in [0.05, 0.1) is 16.0 Å². The first-order valence-electron chi connectivity index (χ1n) is 14.4. The minimum absolute atomic E-state index is 0.210. The Hall–Kier alpha value is -2.37. The summed E-state index contributed by atoms with van der Waals surface area (Å²) in [5, 5.41) is 3.13. The number of ether oxygens (including phenoxy) is 1. The van der Waals surface area contributed by atoms with E-state index in [-0.39, 0.29) is 11.5 Å². The third-order valence-corrected chi connectivity index (χ3v) is 9.92. The summed E-state index contributed by atoms with van der Waals surface area (Å²) in [5.74, 6) is 0.0652. The van der Waals surface area contributed by atoms with Gasteiger partial charge in [-0.05, 0) is 90.0 Å². The zero-order chi connectivity index (χ0) is 30.2. The van der Waals surface area contributed by atoms with Gasteiger partial charge in [-0.25, -0.2) is 13.1 Å². The highest BCUT2D eigenvalue weighted by Crippen LogP contribution is 2.39. The van der Waals surface area contributed by atoms with E-state index in [0.29, 0.717) is 55.5 Å². The fourth-order valence-corrected chi connectivity index (χ4v) is 7.50. The Balaban J connectivity index is 1.80. The van der Waals surface area contributed by atoms with Crippen LogP contribution in [0.1, 0.15) is 94.3 Å². The smallest absolute Gasteiger partial charge is 0.381 e. The molecule has 1 saturated carbocycles.